The molecule has 1 saturated heterocycles. The summed E-state index contributed by atoms with van der Waals surface area (Å²) in [5, 5.41) is 4.77. The van der Waals surface area contributed by atoms with Crippen molar-refractivity contribution in [3.05, 3.63) is 106 Å². The Kier molecular flexibility index (Phi) is 12.0. The van der Waals surface area contributed by atoms with E-state index in [0.29, 0.717) is 16.3 Å². The predicted octanol–water partition coefficient (Wildman–Crippen LogP) is 6.75. The number of alkyl halides is 1. The summed E-state index contributed by atoms with van der Waals surface area (Å²) < 4.78 is 11.8. The lowest BCUT2D eigenvalue weighted by atomic mass is 10.1. The van der Waals surface area contributed by atoms with Crippen LogP contribution in [-0.2, 0) is 25.7 Å². The van der Waals surface area contributed by atoms with Gasteiger partial charge in [0, 0.05) is 36.6 Å². The largest absolute Gasteiger partial charge is 0.462 e. The van der Waals surface area contributed by atoms with Gasteiger partial charge in [0.05, 0.1) is 6.54 Å². The summed E-state index contributed by atoms with van der Waals surface area (Å²) in [5.74, 6) is -0.174. The van der Waals surface area contributed by atoms with Crippen LogP contribution in [0.25, 0.3) is 0 Å². The summed E-state index contributed by atoms with van der Waals surface area (Å²) in [4.78, 5) is 60.5. The number of rotatable bonds is 10. The fourth-order valence-electron chi connectivity index (χ4n) is 5.89. The van der Waals surface area contributed by atoms with E-state index in [1.54, 1.807) is 43.9 Å². The van der Waals surface area contributed by atoms with Gasteiger partial charge in [0.15, 0.2) is 0 Å². The van der Waals surface area contributed by atoms with E-state index in [4.69, 9.17) is 21.1 Å². The van der Waals surface area contributed by atoms with Crippen LogP contribution in [0.2, 0.25) is 0 Å². The van der Waals surface area contributed by atoms with Crippen molar-refractivity contribution in [2.24, 2.45) is 0 Å². The molecule has 4 amide bonds. The molecule has 1 aromatic heterocycles. The van der Waals surface area contributed by atoms with Crippen LogP contribution in [0.5, 0.6) is 5.75 Å². The van der Waals surface area contributed by atoms with Gasteiger partial charge in [-0.15, -0.1) is 22.9 Å². The van der Waals surface area contributed by atoms with Crippen LogP contribution in [0.3, 0.4) is 0 Å². The number of hydrogen-bond acceptors (Lipinski definition) is 7. The summed E-state index contributed by atoms with van der Waals surface area (Å²) in [6.07, 6.45) is 7.01. The van der Waals surface area contributed by atoms with Crippen molar-refractivity contribution in [1.82, 2.24) is 15.1 Å². The Morgan fingerprint density at radius 2 is 1.84 bits per heavy atom. The number of piperazine rings is 1. The molecule has 3 aromatic rings. The van der Waals surface area contributed by atoms with E-state index in [1.165, 1.54) is 21.1 Å². The standard InChI is InChI=1S/C38H43ClN4O6S/c1-26-22-29(48-28-14-9-6-10-15-28)17-18-30(26)43(33(44)23-39)34(32-16-11-21-50-32)36(46)41-19-20-42(37(47)49-38(2,3)4)31(25-41)35(45)40-24-27-12-7-5-8-13-27/h5-9,11-14,16-18,21-22,31,34H,10,15,19-20,23-25H2,1-4H3,(H,40,45)/t31-,34+/m1/s1. The third-order valence-electron chi connectivity index (χ3n) is 8.27. The van der Waals surface area contributed by atoms with Gasteiger partial charge in [0.2, 0.25) is 11.8 Å². The lowest BCUT2D eigenvalue weighted by Gasteiger charge is -2.43. The Balaban J connectivity index is 1.45. The summed E-state index contributed by atoms with van der Waals surface area (Å²) in [5.41, 5.74) is 1.33. The van der Waals surface area contributed by atoms with Crippen LogP contribution in [0, 0.1) is 6.92 Å². The average molecular weight is 719 g/mol. The summed E-state index contributed by atoms with van der Waals surface area (Å²) >= 11 is 7.54. The molecule has 2 heterocycles. The maximum atomic E-state index is 14.7. The van der Waals surface area contributed by atoms with Gasteiger partial charge >= 0.3 is 6.09 Å². The van der Waals surface area contributed by atoms with Crippen molar-refractivity contribution in [1.29, 1.82) is 0 Å². The summed E-state index contributed by atoms with van der Waals surface area (Å²) in [6.45, 7) is 7.46. The third kappa shape index (κ3) is 9.13. The third-order valence-corrected chi connectivity index (χ3v) is 9.43. The summed E-state index contributed by atoms with van der Waals surface area (Å²) in [6, 6.07) is 16.3. The van der Waals surface area contributed by atoms with E-state index in [2.05, 4.69) is 11.4 Å². The van der Waals surface area contributed by atoms with Crippen molar-refractivity contribution < 1.29 is 28.7 Å². The van der Waals surface area contributed by atoms with Crippen LogP contribution >= 0.6 is 22.9 Å². The van der Waals surface area contributed by atoms with Gasteiger partial charge in [0.25, 0.3) is 5.91 Å². The zero-order chi connectivity index (χ0) is 35.8. The molecule has 2 aliphatic rings. The molecule has 0 saturated carbocycles. The van der Waals surface area contributed by atoms with E-state index in [1.807, 2.05) is 66.9 Å². The predicted molar refractivity (Wildman–Crippen MR) is 195 cm³/mol. The van der Waals surface area contributed by atoms with Crippen LogP contribution in [-0.4, -0.2) is 70.8 Å². The Labute approximate surface area is 302 Å². The molecule has 2 aromatic carbocycles. The van der Waals surface area contributed by atoms with Crippen LogP contribution in [0.15, 0.2) is 90.0 Å². The molecular formula is C38H43ClN4O6S. The fraction of sp³-hybridized carbons (Fsp3) is 0.368. The van der Waals surface area contributed by atoms with E-state index in [-0.39, 0.29) is 32.1 Å². The number of ether oxygens (including phenoxy) is 2. The number of anilines is 1. The van der Waals surface area contributed by atoms with Crippen LogP contribution in [0.4, 0.5) is 10.5 Å². The molecule has 264 valence electrons. The van der Waals surface area contributed by atoms with E-state index in [9.17, 15) is 19.2 Å². The molecule has 0 radical (unpaired) electrons. The lowest BCUT2D eigenvalue weighted by Crippen LogP contribution is -2.63. The average Bonchev–Trinajstić information content (AvgIpc) is 3.64. The molecule has 1 N–H and O–H groups in total. The van der Waals surface area contributed by atoms with Gasteiger partial charge in [-0.2, -0.15) is 0 Å². The van der Waals surface area contributed by atoms with Crippen molar-refractivity contribution in [3.63, 3.8) is 0 Å². The highest BCUT2D eigenvalue weighted by atomic mass is 35.5. The van der Waals surface area contributed by atoms with Gasteiger partial charge in [0.1, 0.15) is 35.1 Å². The quantitative estimate of drug-likeness (QED) is 0.233. The van der Waals surface area contributed by atoms with Crippen LogP contribution in [0.1, 0.15) is 55.7 Å². The second-order valence-electron chi connectivity index (χ2n) is 13.1. The van der Waals surface area contributed by atoms with Gasteiger partial charge in [-0.05, 0) is 81.0 Å². The Bertz CT molecular complexity index is 1740. The second-order valence-corrected chi connectivity index (χ2v) is 14.4. The van der Waals surface area contributed by atoms with Crippen molar-refractivity contribution in [2.45, 2.75) is 64.8 Å². The van der Waals surface area contributed by atoms with Gasteiger partial charge in [-0.1, -0.05) is 48.6 Å². The molecule has 10 nitrogen and oxygen atoms in total. The lowest BCUT2D eigenvalue weighted by molar-refractivity contribution is -0.140. The highest BCUT2D eigenvalue weighted by Crippen LogP contribution is 2.36. The molecule has 0 bridgehead atoms. The Morgan fingerprint density at radius 3 is 2.48 bits per heavy atom. The van der Waals surface area contributed by atoms with E-state index in [0.717, 1.165) is 29.7 Å². The van der Waals surface area contributed by atoms with Gasteiger partial charge in [-0.3, -0.25) is 24.2 Å². The van der Waals surface area contributed by atoms with Crippen molar-refractivity contribution >= 4 is 52.4 Å². The molecule has 1 aliphatic heterocycles. The number of carbonyl (C=O) groups excluding carboxylic acids is 4. The second kappa shape index (κ2) is 16.4. The topological polar surface area (TPSA) is 108 Å². The number of hydrogen-bond donors (Lipinski definition) is 1. The Morgan fingerprint density at radius 1 is 1.06 bits per heavy atom. The SMILES string of the molecule is Cc1cc(OC2=CC=CCC2)ccc1N(C(=O)CCl)[C@H](C(=O)N1CCN(C(=O)OC(C)(C)C)[C@@H](C(=O)NCc2ccccc2)C1)c1cccs1. The molecular weight excluding hydrogens is 676 g/mol. The smallest absolute Gasteiger partial charge is 0.411 e. The number of thiophene rings is 1. The number of benzene rings is 2. The molecule has 0 spiro atoms. The zero-order valence-corrected chi connectivity index (χ0v) is 30.3. The highest BCUT2D eigenvalue weighted by molar-refractivity contribution is 7.10. The molecule has 1 aliphatic carbocycles. The van der Waals surface area contributed by atoms with Gasteiger partial charge in [-0.25, -0.2) is 4.79 Å². The number of halogens is 1. The molecule has 5 rings (SSSR count). The first-order valence-electron chi connectivity index (χ1n) is 16.6. The minimum absolute atomic E-state index is 0.0563. The normalized spacial score (nSPS) is 16.7. The first-order valence-corrected chi connectivity index (χ1v) is 18.0. The van der Waals surface area contributed by atoms with Crippen molar-refractivity contribution in [3.8, 4) is 5.75 Å². The fourth-order valence-corrected chi connectivity index (χ4v) is 6.82. The summed E-state index contributed by atoms with van der Waals surface area (Å²) in [7, 11) is 0. The Hall–Kier alpha value is -4.61. The molecule has 50 heavy (non-hydrogen) atoms. The minimum Gasteiger partial charge on any atom is -0.462 e. The monoisotopic (exact) mass is 718 g/mol. The van der Waals surface area contributed by atoms with E-state index >= 15 is 0 Å². The van der Waals surface area contributed by atoms with E-state index < -0.39 is 41.5 Å². The maximum absolute atomic E-state index is 14.7. The number of aryl methyl sites for hydroxylation is 1. The highest BCUT2D eigenvalue weighted by Gasteiger charge is 2.43. The number of allylic oxidation sites excluding steroid dienone is 4. The number of nitrogens with zero attached hydrogens (tertiary/aromatic N) is 3. The first kappa shape index (κ1) is 36.7. The number of carbonyl (C=O) groups is 4. The van der Waals surface area contributed by atoms with Crippen LogP contribution < -0.4 is 15.0 Å². The number of nitrogens with one attached hydrogen (secondary N) is 1. The first-order chi connectivity index (χ1) is 23.9. The molecule has 12 heteroatoms. The molecule has 2 atom stereocenters. The minimum atomic E-state index is -1.07. The maximum Gasteiger partial charge on any atom is 0.411 e. The molecule has 0 unspecified atom stereocenters. The van der Waals surface area contributed by atoms with Gasteiger partial charge < -0.3 is 19.7 Å². The zero-order valence-electron chi connectivity index (χ0n) is 28.8. The number of amides is 4. The molecule has 1 fully saturated rings. The van der Waals surface area contributed by atoms with Crippen molar-refractivity contribution in [2.75, 3.05) is 30.4 Å².